The Balaban J connectivity index is 1.56. The first-order valence-corrected chi connectivity index (χ1v) is 12.6. The van der Waals surface area contributed by atoms with Gasteiger partial charge < -0.3 is 18.7 Å². The zero-order chi connectivity index (χ0) is 25.8. The molecule has 0 bridgehead atoms. The van der Waals surface area contributed by atoms with Gasteiger partial charge in [0.05, 0.1) is 22.9 Å². The van der Waals surface area contributed by atoms with Gasteiger partial charge in [-0.05, 0) is 45.6 Å². The lowest BCUT2D eigenvalue weighted by molar-refractivity contribution is -0.0501. The molecule has 3 heterocycles. The van der Waals surface area contributed by atoms with E-state index < -0.39 is 27.1 Å². The van der Waals surface area contributed by atoms with Crippen molar-refractivity contribution in [1.29, 1.82) is 0 Å². The van der Waals surface area contributed by atoms with E-state index in [4.69, 9.17) is 16.3 Å². The molecule has 1 saturated carbocycles. The largest absolute Gasteiger partial charge is 0.534 e. The molecule has 2 fully saturated rings. The number of piperazine rings is 1. The lowest BCUT2D eigenvalue weighted by atomic mass is 10.1. The van der Waals surface area contributed by atoms with Crippen molar-refractivity contribution < 1.29 is 35.3 Å². The van der Waals surface area contributed by atoms with Gasteiger partial charge in [-0.2, -0.15) is 26.6 Å². The molecule has 4 rings (SSSR count). The molecule has 0 aromatic carbocycles. The molecule has 1 unspecified atom stereocenters. The lowest BCUT2D eigenvalue weighted by Gasteiger charge is -2.42. The number of anilines is 1. The summed E-state index contributed by atoms with van der Waals surface area (Å²) < 4.78 is 70.0. The Bertz CT molecular complexity index is 1250. The molecular weight excluding hydrogens is 513 g/mol. The Kier molecular flexibility index (Phi) is 6.45. The first-order chi connectivity index (χ1) is 16.1. The third kappa shape index (κ3) is 5.66. The van der Waals surface area contributed by atoms with Crippen LogP contribution in [0.3, 0.4) is 0 Å². The van der Waals surface area contributed by atoms with Crippen molar-refractivity contribution in [3.63, 3.8) is 0 Å². The Morgan fingerprint density at radius 3 is 2.46 bits per heavy atom. The fraction of sp³-hybridized carbons (Fsp3) is 0.571. The molecule has 14 heteroatoms. The number of fused-ring (bicyclic) bond motifs is 1. The summed E-state index contributed by atoms with van der Waals surface area (Å²) in [5.74, 6) is -0.459. The van der Waals surface area contributed by atoms with Crippen molar-refractivity contribution in [2.24, 2.45) is 5.92 Å². The summed E-state index contributed by atoms with van der Waals surface area (Å²) in [4.78, 5) is 24.5. The predicted octanol–water partition coefficient (Wildman–Crippen LogP) is 4.35. The maximum absolute atomic E-state index is 12.7. The van der Waals surface area contributed by atoms with E-state index in [1.165, 1.54) is 6.20 Å². The van der Waals surface area contributed by atoms with Crippen molar-refractivity contribution in [3.8, 4) is 5.88 Å². The maximum atomic E-state index is 12.7. The Hall–Kier alpha value is -2.54. The van der Waals surface area contributed by atoms with Crippen LogP contribution >= 0.6 is 11.6 Å². The molecular formula is C21H24ClF3N4O5S. The van der Waals surface area contributed by atoms with Crippen molar-refractivity contribution in [3.05, 3.63) is 23.4 Å². The molecule has 1 saturated heterocycles. The maximum Gasteiger partial charge on any atom is 0.534 e. The van der Waals surface area contributed by atoms with Crippen LogP contribution in [0.4, 0.5) is 23.7 Å². The molecule has 9 nitrogen and oxygen atoms in total. The molecule has 1 amide bonds. The van der Waals surface area contributed by atoms with Crippen LogP contribution in [-0.4, -0.2) is 66.2 Å². The van der Waals surface area contributed by atoms with E-state index >= 15 is 0 Å². The van der Waals surface area contributed by atoms with Gasteiger partial charge in [0.15, 0.2) is 5.65 Å². The molecule has 2 aliphatic rings. The van der Waals surface area contributed by atoms with E-state index in [1.54, 1.807) is 11.0 Å². The number of halogens is 4. The zero-order valence-corrected chi connectivity index (χ0v) is 20.7. The van der Waals surface area contributed by atoms with Gasteiger partial charge in [0.25, 0.3) is 0 Å². The fourth-order valence-corrected chi connectivity index (χ4v) is 4.52. The number of rotatable bonds is 4. The summed E-state index contributed by atoms with van der Waals surface area (Å²) in [6, 6.07) is 2.53. The molecule has 1 atom stereocenters. The van der Waals surface area contributed by atoms with E-state index in [2.05, 4.69) is 14.2 Å². The number of alkyl halides is 3. The third-order valence-corrected chi connectivity index (χ3v) is 6.90. The minimum Gasteiger partial charge on any atom is -0.444 e. The molecule has 35 heavy (non-hydrogen) atoms. The highest BCUT2D eigenvalue weighted by molar-refractivity contribution is 7.87. The van der Waals surface area contributed by atoms with Crippen LogP contribution in [0.15, 0.2) is 18.3 Å². The highest BCUT2D eigenvalue weighted by Gasteiger charge is 2.49. The van der Waals surface area contributed by atoms with Gasteiger partial charge in [0.2, 0.25) is 5.88 Å². The number of hydrogen-bond acceptors (Lipinski definition) is 8. The smallest absolute Gasteiger partial charge is 0.444 e. The van der Waals surface area contributed by atoms with Crippen LogP contribution in [0, 0.1) is 5.92 Å². The predicted molar refractivity (Wildman–Crippen MR) is 122 cm³/mol. The highest BCUT2D eigenvalue weighted by Crippen LogP contribution is 2.39. The van der Waals surface area contributed by atoms with Gasteiger partial charge in [-0.3, -0.25) is 0 Å². The molecule has 192 valence electrons. The molecule has 2 aromatic rings. The molecule has 0 spiro atoms. The molecule has 0 N–H and O–H groups in total. The average molecular weight is 537 g/mol. The van der Waals surface area contributed by atoms with E-state index in [0.29, 0.717) is 36.6 Å². The average Bonchev–Trinajstić information content (AvgIpc) is 3.56. The minimum absolute atomic E-state index is 0.0359. The van der Waals surface area contributed by atoms with Crippen molar-refractivity contribution in [1.82, 2.24) is 14.9 Å². The topological polar surface area (TPSA) is 102 Å². The number of pyridine rings is 2. The lowest BCUT2D eigenvalue weighted by Crippen LogP contribution is -2.57. The van der Waals surface area contributed by atoms with Crippen molar-refractivity contribution >= 4 is 44.5 Å². The molecule has 1 aliphatic carbocycles. The summed E-state index contributed by atoms with van der Waals surface area (Å²) in [6.07, 6.45) is 3.17. The first-order valence-electron chi connectivity index (χ1n) is 10.9. The number of amides is 1. The number of nitrogens with zero attached hydrogens (tertiary/aromatic N) is 4. The van der Waals surface area contributed by atoms with Crippen LogP contribution in [0.1, 0.15) is 33.6 Å². The summed E-state index contributed by atoms with van der Waals surface area (Å²) in [5, 5.41) is 0.251. The summed E-state index contributed by atoms with van der Waals surface area (Å²) in [6.45, 7) is 6.96. The van der Waals surface area contributed by atoms with Crippen LogP contribution in [0.5, 0.6) is 5.88 Å². The number of ether oxygens (including phenoxy) is 1. The highest BCUT2D eigenvalue weighted by atomic mass is 35.5. The summed E-state index contributed by atoms with van der Waals surface area (Å²) in [7, 11) is -5.89. The number of aromatic nitrogens is 2. The van der Waals surface area contributed by atoms with Gasteiger partial charge in [-0.1, -0.05) is 11.6 Å². The van der Waals surface area contributed by atoms with Gasteiger partial charge in [0.1, 0.15) is 5.60 Å². The van der Waals surface area contributed by atoms with Crippen molar-refractivity contribution in [2.75, 3.05) is 24.5 Å². The molecule has 1 aliphatic heterocycles. The molecule has 2 aromatic heterocycles. The number of carbonyl (C=O) groups is 1. The van der Waals surface area contributed by atoms with Crippen LogP contribution in [0.25, 0.3) is 11.0 Å². The fourth-order valence-electron chi connectivity index (χ4n) is 3.89. The van der Waals surface area contributed by atoms with Gasteiger partial charge in [-0.25, -0.2) is 9.78 Å². The first kappa shape index (κ1) is 25.5. The normalized spacial score (nSPS) is 19.7. The second-order valence-corrected chi connectivity index (χ2v) is 11.5. The Labute approximate surface area is 205 Å². The van der Waals surface area contributed by atoms with E-state index in [0.717, 1.165) is 18.9 Å². The monoisotopic (exact) mass is 536 g/mol. The third-order valence-electron chi connectivity index (χ3n) is 5.63. The number of hydrogen-bond donors (Lipinski definition) is 0. The SMILES string of the molecule is CC(C)(C)OC(=O)N1CCN(c2cnc3nc(OS(=O)(=O)C(F)(F)F)cc(Cl)c3c2)CC1C1CC1. The summed E-state index contributed by atoms with van der Waals surface area (Å²) >= 11 is 6.21. The Morgan fingerprint density at radius 1 is 1.17 bits per heavy atom. The summed E-state index contributed by atoms with van der Waals surface area (Å²) in [5.41, 5.74) is -5.59. The number of carbonyl (C=O) groups excluding carboxylic acids is 1. The second kappa shape index (κ2) is 8.84. The van der Waals surface area contributed by atoms with E-state index in [1.807, 2.05) is 25.7 Å². The Morgan fingerprint density at radius 2 is 1.86 bits per heavy atom. The van der Waals surface area contributed by atoms with Crippen molar-refractivity contribution in [2.45, 2.75) is 50.8 Å². The minimum atomic E-state index is -5.89. The van der Waals surface area contributed by atoms with Crippen LogP contribution in [-0.2, 0) is 14.9 Å². The zero-order valence-electron chi connectivity index (χ0n) is 19.2. The van der Waals surface area contributed by atoms with E-state index in [-0.39, 0.29) is 22.8 Å². The van der Waals surface area contributed by atoms with Gasteiger partial charge in [0, 0.05) is 31.1 Å². The quantitative estimate of drug-likeness (QED) is 0.420. The van der Waals surface area contributed by atoms with E-state index in [9.17, 15) is 26.4 Å². The van der Waals surface area contributed by atoms with Gasteiger partial charge in [-0.15, -0.1) is 0 Å². The second-order valence-electron chi connectivity index (χ2n) is 9.51. The standard InChI is InChI=1S/C21H24ClF3N4O5S/c1-20(2,3)33-19(30)29-7-6-28(11-16(29)12-4-5-12)13-8-14-15(22)9-17(27-18(14)26-10-13)34-35(31,32)21(23,24)25/h8-10,12,16H,4-7,11H2,1-3H3. The van der Waals surface area contributed by atoms with Crippen LogP contribution in [0.2, 0.25) is 5.02 Å². The van der Waals surface area contributed by atoms with Gasteiger partial charge >= 0.3 is 21.7 Å². The molecule has 0 radical (unpaired) electrons. The van der Waals surface area contributed by atoms with Crippen LogP contribution < -0.4 is 9.08 Å².